The van der Waals surface area contributed by atoms with Crippen LogP contribution in [0.25, 0.3) is 0 Å². The average Bonchev–Trinajstić information content (AvgIpc) is 2.81. The lowest BCUT2D eigenvalue weighted by Gasteiger charge is -2.26. The monoisotopic (exact) mass is 542 g/mol. The maximum atomic E-state index is 13.2. The number of hydrogen-bond donors (Lipinski definition) is 7. The lowest BCUT2D eigenvalue weighted by atomic mass is 10.0. The lowest BCUT2D eigenvalue weighted by Crippen LogP contribution is -2.57. The number of rotatable bonds is 18. The molecule has 0 aliphatic carbocycles. The number of esters is 1. The van der Waals surface area contributed by atoms with E-state index in [1.807, 2.05) is 27.7 Å². The van der Waals surface area contributed by atoms with E-state index in [-0.39, 0.29) is 43.6 Å². The van der Waals surface area contributed by atoms with Crippen molar-refractivity contribution in [1.82, 2.24) is 16.0 Å². The van der Waals surface area contributed by atoms with Gasteiger partial charge in [0.15, 0.2) is 5.96 Å². The normalized spacial score (nSPS) is 14.1. The molecule has 0 saturated heterocycles. The fourth-order valence-electron chi connectivity index (χ4n) is 3.59. The lowest BCUT2D eigenvalue weighted by molar-refractivity contribution is -0.146. The quantitative estimate of drug-likeness (QED) is 0.0453. The molecular formula is C24H46N8O6. The van der Waals surface area contributed by atoms with Crippen LogP contribution in [0.15, 0.2) is 4.99 Å². The van der Waals surface area contributed by atoms with Crippen LogP contribution >= 0.6 is 0 Å². The minimum absolute atomic E-state index is 0.0674. The van der Waals surface area contributed by atoms with E-state index in [2.05, 4.69) is 20.9 Å². The molecule has 0 rings (SSSR count). The molecular weight excluding hydrogens is 496 g/mol. The molecule has 0 bridgehead atoms. The summed E-state index contributed by atoms with van der Waals surface area (Å²) < 4.78 is 4.80. The Morgan fingerprint density at radius 2 is 1.26 bits per heavy atom. The van der Waals surface area contributed by atoms with Gasteiger partial charge in [-0.2, -0.15) is 0 Å². The zero-order chi connectivity index (χ0) is 29.4. The highest BCUT2D eigenvalue weighted by Crippen LogP contribution is 2.09. The molecule has 38 heavy (non-hydrogen) atoms. The second-order valence-corrected chi connectivity index (χ2v) is 10.0. The van der Waals surface area contributed by atoms with Crippen molar-refractivity contribution in [2.24, 2.45) is 39.8 Å². The maximum Gasteiger partial charge on any atom is 0.328 e. The van der Waals surface area contributed by atoms with Gasteiger partial charge in [-0.3, -0.25) is 24.2 Å². The minimum atomic E-state index is -1.17. The van der Waals surface area contributed by atoms with Crippen LogP contribution in [0, 0.1) is 11.8 Å². The molecule has 14 nitrogen and oxygen atoms in total. The highest BCUT2D eigenvalue weighted by molar-refractivity contribution is 5.94. The van der Waals surface area contributed by atoms with Crippen LogP contribution < -0.4 is 38.9 Å². The third-order valence-corrected chi connectivity index (χ3v) is 5.46. The number of nitrogens with zero attached hydrogens (tertiary/aromatic N) is 1. The molecule has 0 aromatic rings. The smallest absolute Gasteiger partial charge is 0.328 e. The topological polar surface area (TPSA) is 247 Å². The first-order valence-electron chi connectivity index (χ1n) is 12.8. The highest BCUT2D eigenvalue weighted by Gasteiger charge is 2.31. The van der Waals surface area contributed by atoms with Gasteiger partial charge in [0.05, 0.1) is 13.2 Å². The standard InChI is InChI=1S/C24H46N8O6/c1-13(2)11-15(25)20(34)30-17(8-9-19(26)33)22(36)31-16(7-6-10-29-24(27)28)21(35)32-18(12-14(3)4)23(37)38-5/h13-18H,6-12,25H2,1-5H3,(H2,26,33)(H,30,34)(H,31,36)(H,32,35)(H4,27,28,29). The molecule has 4 amide bonds. The Labute approximate surface area is 224 Å². The maximum absolute atomic E-state index is 13.2. The third-order valence-electron chi connectivity index (χ3n) is 5.46. The summed E-state index contributed by atoms with van der Waals surface area (Å²) in [4.78, 5) is 66.4. The molecule has 11 N–H and O–H groups in total. The number of carbonyl (C=O) groups is 5. The zero-order valence-corrected chi connectivity index (χ0v) is 23.1. The number of nitrogens with one attached hydrogen (secondary N) is 3. The number of amides is 4. The first kappa shape index (κ1) is 34.6. The molecule has 14 heteroatoms. The highest BCUT2D eigenvalue weighted by atomic mass is 16.5. The summed E-state index contributed by atoms with van der Waals surface area (Å²) in [6, 6.07) is -4.07. The summed E-state index contributed by atoms with van der Waals surface area (Å²) in [5.74, 6) is -3.11. The number of ether oxygens (including phenoxy) is 1. The Kier molecular flexibility index (Phi) is 16.3. The van der Waals surface area contributed by atoms with Gasteiger partial charge in [-0.1, -0.05) is 27.7 Å². The average molecular weight is 543 g/mol. The summed E-state index contributed by atoms with van der Waals surface area (Å²) in [5, 5.41) is 7.79. The number of primary amides is 1. The van der Waals surface area contributed by atoms with Gasteiger partial charge in [0.25, 0.3) is 0 Å². The predicted octanol–water partition coefficient (Wildman–Crippen LogP) is -1.65. The molecule has 0 aromatic heterocycles. The van der Waals surface area contributed by atoms with E-state index < -0.39 is 53.8 Å². The van der Waals surface area contributed by atoms with Crippen molar-refractivity contribution in [2.75, 3.05) is 13.7 Å². The number of nitrogens with two attached hydrogens (primary N) is 4. The van der Waals surface area contributed by atoms with Crippen molar-refractivity contribution in [1.29, 1.82) is 0 Å². The van der Waals surface area contributed by atoms with Crippen LogP contribution in [0.2, 0.25) is 0 Å². The SMILES string of the molecule is COC(=O)C(CC(C)C)NC(=O)C(CCCN=C(N)N)NC(=O)C(CCC(N)=O)NC(=O)C(N)CC(C)C. The van der Waals surface area contributed by atoms with Crippen molar-refractivity contribution in [3.63, 3.8) is 0 Å². The first-order valence-corrected chi connectivity index (χ1v) is 12.8. The summed E-state index contributed by atoms with van der Waals surface area (Å²) in [6.45, 7) is 7.76. The van der Waals surface area contributed by atoms with Crippen molar-refractivity contribution < 1.29 is 28.7 Å². The number of hydrogen-bond acceptors (Lipinski definition) is 8. The number of carbonyl (C=O) groups excluding carboxylic acids is 5. The molecule has 0 saturated carbocycles. The number of guanidine groups is 1. The molecule has 0 fully saturated rings. The molecule has 0 aromatic carbocycles. The first-order chi connectivity index (χ1) is 17.7. The van der Waals surface area contributed by atoms with E-state index in [1.54, 1.807) is 0 Å². The summed E-state index contributed by atoms with van der Waals surface area (Å²) in [6.07, 6.45) is 0.864. The van der Waals surface area contributed by atoms with Crippen molar-refractivity contribution in [3.05, 3.63) is 0 Å². The second-order valence-electron chi connectivity index (χ2n) is 10.0. The van der Waals surface area contributed by atoms with Gasteiger partial charge in [-0.05, 0) is 43.9 Å². The fraction of sp³-hybridized carbons (Fsp3) is 0.750. The fourth-order valence-corrected chi connectivity index (χ4v) is 3.59. The second kappa shape index (κ2) is 17.9. The Bertz CT molecular complexity index is 829. The van der Waals surface area contributed by atoms with Gasteiger partial charge in [0.2, 0.25) is 23.6 Å². The van der Waals surface area contributed by atoms with E-state index in [9.17, 15) is 24.0 Å². The molecule has 4 unspecified atom stereocenters. The number of aliphatic imine (C=N–C) groups is 1. The van der Waals surface area contributed by atoms with Crippen LogP contribution in [0.3, 0.4) is 0 Å². The van der Waals surface area contributed by atoms with Crippen LogP contribution in [0.4, 0.5) is 0 Å². The summed E-state index contributed by atoms with van der Waals surface area (Å²) >= 11 is 0. The Morgan fingerprint density at radius 3 is 1.74 bits per heavy atom. The minimum Gasteiger partial charge on any atom is -0.467 e. The summed E-state index contributed by atoms with van der Waals surface area (Å²) in [5.41, 5.74) is 21.9. The number of methoxy groups -OCH3 is 1. The van der Waals surface area contributed by atoms with Gasteiger partial charge < -0.3 is 43.6 Å². The van der Waals surface area contributed by atoms with E-state index in [4.69, 9.17) is 27.7 Å². The van der Waals surface area contributed by atoms with Crippen LogP contribution in [-0.2, 0) is 28.7 Å². The third kappa shape index (κ3) is 15.0. The van der Waals surface area contributed by atoms with Gasteiger partial charge >= 0.3 is 5.97 Å². The molecule has 4 atom stereocenters. The van der Waals surface area contributed by atoms with E-state index in [0.29, 0.717) is 19.3 Å². The van der Waals surface area contributed by atoms with Gasteiger partial charge in [0, 0.05) is 13.0 Å². The van der Waals surface area contributed by atoms with Gasteiger partial charge in [-0.25, -0.2) is 4.79 Å². The Balaban J connectivity index is 5.78. The van der Waals surface area contributed by atoms with Crippen molar-refractivity contribution in [3.8, 4) is 0 Å². The van der Waals surface area contributed by atoms with Crippen LogP contribution in [0.1, 0.15) is 66.2 Å². The molecule has 0 aliphatic rings. The van der Waals surface area contributed by atoms with Gasteiger partial charge in [0.1, 0.15) is 18.1 Å². The van der Waals surface area contributed by atoms with Gasteiger partial charge in [-0.15, -0.1) is 0 Å². The van der Waals surface area contributed by atoms with Crippen molar-refractivity contribution in [2.45, 2.75) is 90.4 Å². The largest absolute Gasteiger partial charge is 0.467 e. The zero-order valence-electron chi connectivity index (χ0n) is 23.1. The van der Waals surface area contributed by atoms with E-state index in [0.717, 1.165) is 0 Å². The molecule has 218 valence electrons. The predicted molar refractivity (Wildman–Crippen MR) is 143 cm³/mol. The summed E-state index contributed by atoms with van der Waals surface area (Å²) in [7, 11) is 1.21. The Hall–Kier alpha value is -3.42. The van der Waals surface area contributed by atoms with Crippen molar-refractivity contribution >= 4 is 35.6 Å². The van der Waals surface area contributed by atoms with E-state index in [1.165, 1.54) is 7.11 Å². The molecule has 0 radical (unpaired) electrons. The van der Waals surface area contributed by atoms with E-state index >= 15 is 0 Å². The Morgan fingerprint density at radius 1 is 0.763 bits per heavy atom. The molecule has 0 aliphatic heterocycles. The molecule has 0 heterocycles. The van der Waals surface area contributed by atoms with Crippen LogP contribution in [0.5, 0.6) is 0 Å². The molecule has 0 spiro atoms. The van der Waals surface area contributed by atoms with Crippen LogP contribution in [-0.4, -0.2) is 73.4 Å².